The lowest BCUT2D eigenvalue weighted by molar-refractivity contribution is -0.163. The molecule has 0 spiro atoms. The van der Waals surface area contributed by atoms with Gasteiger partial charge in [0.25, 0.3) is 0 Å². The molecule has 0 heterocycles. The molecule has 4 nitrogen and oxygen atoms in total. The summed E-state index contributed by atoms with van der Waals surface area (Å²) in [6, 6.07) is 13.0. The predicted octanol–water partition coefficient (Wildman–Crippen LogP) is 3.68. The summed E-state index contributed by atoms with van der Waals surface area (Å²) in [6.07, 6.45) is 1.63. The maximum absolute atomic E-state index is 12.2. The van der Waals surface area contributed by atoms with Crippen molar-refractivity contribution in [3.8, 4) is 0 Å². The first kappa shape index (κ1) is 15.5. The Balaban J connectivity index is 2.45. The minimum Gasteiger partial charge on any atom is -0.445 e. The van der Waals surface area contributed by atoms with E-state index in [0.717, 1.165) is 17.0 Å². The summed E-state index contributed by atoms with van der Waals surface area (Å²) in [5, 5.41) is 1.79. The summed E-state index contributed by atoms with van der Waals surface area (Å²) in [4.78, 5) is 23.5. The lowest BCUT2D eigenvalue weighted by Crippen LogP contribution is -2.19. The second-order valence-electron chi connectivity index (χ2n) is 4.57. The lowest BCUT2D eigenvalue weighted by Gasteiger charge is -2.16. The first-order valence-corrected chi connectivity index (χ1v) is 6.84. The molecule has 112 valence electrons. The van der Waals surface area contributed by atoms with Gasteiger partial charge in [0, 0.05) is 12.5 Å². The zero-order valence-electron chi connectivity index (χ0n) is 12.4. The first-order valence-electron chi connectivity index (χ1n) is 6.84. The van der Waals surface area contributed by atoms with Crippen LogP contribution in [0.2, 0.25) is 0 Å². The number of hydrogen-bond donors (Lipinski definition) is 0. The molecule has 0 amide bonds. The Kier molecular flexibility index (Phi) is 5.12. The van der Waals surface area contributed by atoms with E-state index in [0.29, 0.717) is 5.56 Å². The third-order valence-electron chi connectivity index (χ3n) is 3.01. The molecule has 0 fully saturated rings. The van der Waals surface area contributed by atoms with Crippen molar-refractivity contribution in [1.82, 2.24) is 0 Å². The normalized spacial score (nSPS) is 11.2. The predicted molar refractivity (Wildman–Crippen MR) is 82.9 cm³/mol. The number of carbonyl (C=O) groups excluding carboxylic acids is 2. The van der Waals surface area contributed by atoms with Crippen LogP contribution in [0.25, 0.3) is 10.8 Å². The van der Waals surface area contributed by atoms with Crippen molar-refractivity contribution in [2.24, 2.45) is 0 Å². The van der Waals surface area contributed by atoms with E-state index >= 15 is 0 Å². The second-order valence-corrected chi connectivity index (χ2v) is 4.57. The zero-order valence-corrected chi connectivity index (χ0v) is 12.4. The van der Waals surface area contributed by atoms with Gasteiger partial charge in [-0.15, -0.1) is 0 Å². The quantitative estimate of drug-likeness (QED) is 0.490. The molecule has 0 N–H and O–H groups in total. The number of fused-ring (bicyclic) bond motifs is 1. The third-order valence-corrected chi connectivity index (χ3v) is 3.01. The molecule has 0 saturated carbocycles. The SMILES string of the molecule is CC=C=COC(=O)C(OC(C)=O)c1cccc2ccccc12. The summed E-state index contributed by atoms with van der Waals surface area (Å²) in [6.45, 7) is 3.01. The number of ether oxygens (including phenoxy) is 2. The van der Waals surface area contributed by atoms with E-state index in [2.05, 4.69) is 5.73 Å². The smallest absolute Gasteiger partial charge is 0.357 e. The minimum absolute atomic E-state index is 0.551. The third kappa shape index (κ3) is 3.62. The Morgan fingerprint density at radius 1 is 1.14 bits per heavy atom. The van der Waals surface area contributed by atoms with Crippen molar-refractivity contribution < 1.29 is 19.1 Å². The molecule has 0 aliphatic heterocycles. The molecule has 1 atom stereocenters. The first-order chi connectivity index (χ1) is 10.6. The summed E-state index contributed by atoms with van der Waals surface area (Å²) in [7, 11) is 0. The average molecular weight is 296 g/mol. The number of allylic oxidation sites excluding steroid dienone is 1. The van der Waals surface area contributed by atoms with Crippen molar-refractivity contribution in [2.45, 2.75) is 20.0 Å². The molecular formula is C18H16O4. The Morgan fingerprint density at radius 3 is 2.59 bits per heavy atom. The van der Waals surface area contributed by atoms with E-state index in [1.807, 2.05) is 36.4 Å². The van der Waals surface area contributed by atoms with Crippen molar-refractivity contribution in [2.75, 3.05) is 0 Å². The number of rotatable bonds is 4. The maximum atomic E-state index is 12.2. The van der Waals surface area contributed by atoms with Gasteiger partial charge in [0.2, 0.25) is 6.10 Å². The summed E-state index contributed by atoms with van der Waals surface area (Å²) in [5.41, 5.74) is 3.23. The molecule has 1 unspecified atom stereocenters. The lowest BCUT2D eigenvalue weighted by atomic mass is 10.0. The molecule has 0 saturated heterocycles. The summed E-state index contributed by atoms with van der Waals surface area (Å²) >= 11 is 0. The maximum Gasteiger partial charge on any atom is 0.357 e. The van der Waals surface area contributed by atoms with E-state index in [4.69, 9.17) is 9.47 Å². The molecule has 2 aromatic rings. The Hall–Kier alpha value is -2.84. The van der Waals surface area contributed by atoms with Gasteiger partial charge in [0.05, 0.1) is 0 Å². The summed E-state index contributed by atoms with van der Waals surface area (Å²) < 4.78 is 10.1. The van der Waals surface area contributed by atoms with Crippen LogP contribution in [0.15, 0.2) is 60.5 Å². The van der Waals surface area contributed by atoms with Gasteiger partial charge in [0.1, 0.15) is 6.26 Å². The minimum atomic E-state index is -1.11. The monoisotopic (exact) mass is 296 g/mol. The van der Waals surface area contributed by atoms with Gasteiger partial charge in [-0.1, -0.05) is 48.2 Å². The van der Waals surface area contributed by atoms with Crippen LogP contribution in [0, 0.1) is 0 Å². The van der Waals surface area contributed by atoms with E-state index in [9.17, 15) is 9.59 Å². The van der Waals surface area contributed by atoms with Crippen LogP contribution in [0.5, 0.6) is 0 Å². The standard InChI is InChI=1S/C18H16O4/c1-3-4-12-21-18(20)17(22-13(2)19)16-11-7-9-14-8-5-6-10-15(14)16/h3,5-12,17H,1-2H3. The van der Waals surface area contributed by atoms with E-state index < -0.39 is 18.0 Å². The highest BCUT2D eigenvalue weighted by Gasteiger charge is 2.26. The Labute approximate surface area is 128 Å². The number of carbonyl (C=O) groups is 2. The fourth-order valence-electron chi connectivity index (χ4n) is 2.11. The van der Waals surface area contributed by atoms with Crippen molar-refractivity contribution in [3.05, 3.63) is 66.1 Å². The van der Waals surface area contributed by atoms with Gasteiger partial charge in [-0.2, -0.15) is 0 Å². The fourth-order valence-corrected chi connectivity index (χ4v) is 2.11. The van der Waals surface area contributed by atoms with Gasteiger partial charge in [0.15, 0.2) is 0 Å². The van der Waals surface area contributed by atoms with Crippen LogP contribution >= 0.6 is 0 Å². The molecule has 22 heavy (non-hydrogen) atoms. The van der Waals surface area contributed by atoms with Crippen molar-refractivity contribution in [3.63, 3.8) is 0 Å². The topological polar surface area (TPSA) is 52.6 Å². The Bertz CT molecular complexity index is 749. The van der Waals surface area contributed by atoms with Gasteiger partial charge in [-0.25, -0.2) is 4.79 Å². The number of esters is 2. The van der Waals surface area contributed by atoms with Crippen LogP contribution in [0.1, 0.15) is 25.5 Å². The molecule has 2 rings (SSSR count). The highest BCUT2D eigenvalue weighted by atomic mass is 16.6. The molecule has 2 aromatic carbocycles. The zero-order chi connectivity index (χ0) is 15.9. The van der Waals surface area contributed by atoms with Crippen LogP contribution < -0.4 is 0 Å². The average Bonchev–Trinajstić information content (AvgIpc) is 2.52. The highest BCUT2D eigenvalue weighted by molar-refractivity contribution is 5.91. The molecule has 4 heteroatoms. The van der Waals surface area contributed by atoms with E-state index in [-0.39, 0.29) is 0 Å². The van der Waals surface area contributed by atoms with Gasteiger partial charge in [-0.3, -0.25) is 4.79 Å². The molecular weight excluding hydrogens is 280 g/mol. The van der Waals surface area contributed by atoms with E-state index in [1.54, 1.807) is 19.1 Å². The van der Waals surface area contributed by atoms with Gasteiger partial charge < -0.3 is 9.47 Å². The highest BCUT2D eigenvalue weighted by Crippen LogP contribution is 2.27. The van der Waals surface area contributed by atoms with Crippen molar-refractivity contribution in [1.29, 1.82) is 0 Å². The van der Waals surface area contributed by atoms with Crippen molar-refractivity contribution >= 4 is 22.7 Å². The second kappa shape index (κ2) is 7.25. The fraction of sp³-hybridized carbons (Fsp3) is 0.167. The van der Waals surface area contributed by atoms with Crippen LogP contribution in [0.4, 0.5) is 0 Å². The largest absolute Gasteiger partial charge is 0.445 e. The molecule has 0 radical (unpaired) electrons. The van der Waals surface area contributed by atoms with Crippen LogP contribution in [0.3, 0.4) is 0 Å². The van der Waals surface area contributed by atoms with E-state index in [1.165, 1.54) is 6.92 Å². The summed E-state index contributed by atoms with van der Waals surface area (Å²) in [5.74, 6) is -1.22. The molecule has 0 aliphatic carbocycles. The Morgan fingerprint density at radius 2 is 1.86 bits per heavy atom. The van der Waals surface area contributed by atoms with Gasteiger partial charge in [-0.05, 0) is 23.8 Å². The van der Waals surface area contributed by atoms with Crippen LogP contribution in [-0.4, -0.2) is 11.9 Å². The number of benzene rings is 2. The van der Waals surface area contributed by atoms with Gasteiger partial charge >= 0.3 is 11.9 Å². The molecule has 0 aromatic heterocycles. The number of hydrogen-bond acceptors (Lipinski definition) is 4. The molecule has 0 aliphatic rings. The van der Waals surface area contributed by atoms with Crippen LogP contribution in [-0.2, 0) is 19.1 Å². The molecule has 0 bridgehead atoms.